The minimum absolute atomic E-state index is 0.112. The lowest BCUT2D eigenvalue weighted by molar-refractivity contribution is 0.0992. The summed E-state index contributed by atoms with van der Waals surface area (Å²) in [5, 5.41) is 6.36. The molecule has 0 aliphatic rings. The first kappa shape index (κ1) is 12.4. The van der Waals surface area contributed by atoms with Gasteiger partial charge in [-0.15, -0.1) is 0 Å². The van der Waals surface area contributed by atoms with Crippen LogP contribution < -0.4 is 11.1 Å². The molecule has 2 aromatic rings. The fraction of sp³-hybridized carbons (Fsp3) is 0.100. The number of amides is 2. The summed E-state index contributed by atoms with van der Waals surface area (Å²) in [6.45, 7) is 0. The number of halogens is 1. The Hall–Kier alpha value is -2.09. The maximum Gasteiger partial charge on any atom is 0.291 e. The first-order valence-corrected chi connectivity index (χ1v) is 5.67. The molecule has 0 radical (unpaired) electrons. The number of nitrogens with one attached hydrogen (secondary N) is 1. The maximum absolute atomic E-state index is 11.8. The van der Waals surface area contributed by atoms with Crippen molar-refractivity contribution < 1.29 is 14.0 Å². The number of anilines is 1. The maximum atomic E-state index is 11.8. The Bertz CT molecular complexity index is 616. The van der Waals surface area contributed by atoms with E-state index in [-0.39, 0.29) is 17.1 Å². The van der Waals surface area contributed by atoms with E-state index in [1.807, 2.05) is 0 Å². The molecule has 0 aromatic carbocycles. The second kappa shape index (κ2) is 4.65. The van der Waals surface area contributed by atoms with Gasteiger partial charge in [0.1, 0.15) is 5.69 Å². The van der Waals surface area contributed by atoms with Gasteiger partial charge in [0.25, 0.3) is 11.8 Å². The highest BCUT2D eigenvalue weighted by Gasteiger charge is 2.18. The highest BCUT2D eigenvalue weighted by molar-refractivity contribution is 9.10. The third kappa shape index (κ3) is 2.28. The Morgan fingerprint density at radius 2 is 2.22 bits per heavy atom. The van der Waals surface area contributed by atoms with Gasteiger partial charge in [0, 0.05) is 7.05 Å². The lowest BCUT2D eigenvalue weighted by Crippen LogP contribution is -2.20. The van der Waals surface area contributed by atoms with Crippen LogP contribution in [0.2, 0.25) is 0 Å². The second-order valence-corrected chi connectivity index (χ2v) is 4.23. The number of furan rings is 1. The molecular formula is C10H9BrN4O3. The number of aromatic nitrogens is 2. The molecule has 0 atom stereocenters. The molecule has 2 heterocycles. The van der Waals surface area contributed by atoms with Crippen LogP contribution in [0.4, 0.5) is 5.69 Å². The van der Waals surface area contributed by atoms with Gasteiger partial charge in [-0.05, 0) is 28.1 Å². The van der Waals surface area contributed by atoms with Crippen LogP contribution >= 0.6 is 15.9 Å². The Kier molecular flexibility index (Phi) is 3.19. The first-order chi connectivity index (χ1) is 8.49. The summed E-state index contributed by atoms with van der Waals surface area (Å²) in [5.41, 5.74) is 5.55. The van der Waals surface area contributed by atoms with E-state index in [9.17, 15) is 9.59 Å². The number of nitrogens with zero attached hydrogens (tertiary/aromatic N) is 2. The van der Waals surface area contributed by atoms with Gasteiger partial charge < -0.3 is 15.5 Å². The Morgan fingerprint density at radius 1 is 1.50 bits per heavy atom. The summed E-state index contributed by atoms with van der Waals surface area (Å²) in [6, 6.07) is 3.09. The minimum atomic E-state index is -0.675. The third-order valence-electron chi connectivity index (χ3n) is 2.22. The van der Waals surface area contributed by atoms with E-state index in [0.717, 1.165) is 0 Å². The molecule has 0 saturated heterocycles. The average Bonchev–Trinajstić information content (AvgIpc) is 2.85. The largest absolute Gasteiger partial charge is 0.444 e. The van der Waals surface area contributed by atoms with Crippen molar-refractivity contribution in [3.05, 3.63) is 34.5 Å². The topological polar surface area (TPSA) is 103 Å². The Labute approximate surface area is 110 Å². The number of hydrogen-bond donors (Lipinski definition) is 2. The van der Waals surface area contributed by atoms with Crippen LogP contribution in [0.5, 0.6) is 0 Å². The van der Waals surface area contributed by atoms with Crippen LogP contribution in [-0.2, 0) is 7.05 Å². The molecular weight excluding hydrogens is 304 g/mol. The number of hydrogen-bond acceptors (Lipinski definition) is 4. The van der Waals surface area contributed by atoms with Crippen LogP contribution in [0.15, 0.2) is 27.4 Å². The number of carbonyl (C=O) groups excluding carboxylic acids is 2. The van der Waals surface area contributed by atoms with Crippen LogP contribution in [0.1, 0.15) is 21.0 Å². The molecule has 2 amide bonds. The average molecular weight is 313 g/mol. The molecule has 0 saturated carbocycles. The van der Waals surface area contributed by atoms with E-state index in [2.05, 4.69) is 26.3 Å². The van der Waals surface area contributed by atoms with E-state index in [4.69, 9.17) is 10.2 Å². The van der Waals surface area contributed by atoms with Crippen molar-refractivity contribution in [2.45, 2.75) is 0 Å². The van der Waals surface area contributed by atoms with Crippen LogP contribution in [0.25, 0.3) is 0 Å². The van der Waals surface area contributed by atoms with E-state index < -0.39 is 11.8 Å². The van der Waals surface area contributed by atoms with Crippen molar-refractivity contribution >= 4 is 33.4 Å². The molecule has 8 heteroatoms. The number of carbonyl (C=O) groups is 2. The van der Waals surface area contributed by atoms with Crippen LogP contribution in [0.3, 0.4) is 0 Å². The normalized spacial score (nSPS) is 10.3. The number of rotatable bonds is 3. The van der Waals surface area contributed by atoms with E-state index in [1.54, 1.807) is 13.1 Å². The molecule has 2 rings (SSSR count). The van der Waals surface area contributed by atoms with Crippen LogP contribution in [-0.4, -0.2) is 21.6 Å². The molecule has 0 aliphatic heterocycles. The van der Waals surface area contributed by atoms with Gasteiger partial charge in [0.05, 0.1) is 11.9 Å². The summed E-state index contributed by atoms with van der Waals surface area (Å²) in [4.78, 5) is 23.0. The SMILES string of the molecule is Cn1ncc(NC(=O)c2ccc(Br)o2)c1C(N)=O. The van der Waals surface area contributed by atoms with Crippen molar-refractivity contribution in [3.63, 3.8) is 0 Å². The van der Waals surface area contributed by atoms with Crippen molar-refractivity contribution in [1.82, 2.24) is 9.78 Å². The summed E-state index contributed by atoms with van der Waals surface area (Å²) < 4.78 is 6.81. The smallest absolute Gasteiger partial charge is 0.291 e. The van der Waals surface area contributed by atoms with Gasteiger partial charge in [0.15, 0.2) is 10.4 Å². The Balaban J connectivity index is 2.25. The molecule has 7 nitrogen and oxygen atoms in total. The lowest BCUT2D eigenvalue weighted by Gasteiger charge is -2.03. The molecule has 0 aliphatic carbocycles. The highest BCUT2D eigenvalue weighted by Crippen LogP contribution is 2.18. The monoisotopic (exact) mass is 312 g/mol. The number of aryl methyl sites for hydroxylation is 1. The first-order valence-electron chi connectivity index (χ1n) is 4.87. The van der Waals surface area contributed by atoms with Crippen molar-refractivity contribution in [1.29, 1.82) is 0 Å². The third-order valence-corrected chi connectivity index (χ3v) is 2.64. The van der Waals surface area contributed by atoms with Crippen molar-refractivity contribution in [2.24, 2.45) is 12.8 Å². The predicted octanol–water partition coefficient (Wildman–Crippen LogP) is 1.13. The summed E-state index contributed by atoms with van der Waals surface area (Å²) in [5.74, 6) is -1.05. The minimum Gasteiger partial charge on any atom is -0.444 e. The van der Waals surface area contributed by atoms with E-state index in [1.165, 1.54) is 16.9 Å². The van der Waals surface area contributed by atoms with Crippen molar-refractivity contribution in [3.8, 4) is 0 Å². The lowest BCUT2D eigenvalue weighted by atomic mass is 10.3. The number of primary amides is 1. The predicted molar refractivity (Wildman–Crippen MR) is 66.1 cm³/mol. The fourth-order valence-electron chi connectivity index (χ4n) is 1.44. The standard InChI is InChI=1S/C10H9BrN4O3/c1-15-8(9(12)16)5(4-13-15)14-10(17)6-2-3-7(11)18-6/h2-4H,1H3,(H2,12,16)(H,14,17). The molecule has 3 N–H and O–H groups in total. The molecule has 0 bridgehead atoms. The van der Waals surface area contributed by atoms with Gasteiger partial charge in [-0.25, -0.2) is 0 Å². The molecule has 2 aromatic heterocycles. The molecule has 0 fully saturated rings. The zero-order valence-corrected chi connectivity index (χ0v) is 10.9. The quantitative estimate of drug-likeness (QED) is 0.886. The van der Waals surface area contributed by atoms with Gasteiger partial charge in [0.2, 0.25) is 0 Å². The fourth-order valence-corrected chi connectivity index (χ4v) is 1.75. The van der Waals surface area contributed by atoms with Gasteiger partial charge >= 0.3 is 0 Å². The summed E-state index contributed by atoms with van der Waals surface area (Å²) in [6.07, 6.45) is 1.34. The van der Waals surface area contributed by atoms with Crippen LogP contribution in [0, 0.1) is 0 Å². The summed E-state index contributed by atoms with van der Waals surface area (Å²) >= 11 is 3.09. The zero-order chi connectivity index (χ0) is 13.3. The van der Waals surface area contributed by atoms with E-state index >= 15 is 0 Å². The summed E-state index contributed by atoms with van der Waals surface area (Å²) in [7, 11) is 1.55. The molecule has 0 unspecified atom stereocenters. The Morgan fingerprint density at radius 3 is 2.78 bits per heavy atom. The molecule has 0 spiro atoms. The molecule has 94 valence electrons. The van der Waals surface area contributed by atoms with E-state index in [0.29, 0.717) is 4.67 Å². The molecule has 18 heavy (non-hydrogen) atoms. The van der Waals surface area contributed by atoms with Crippen molar-refractivity contribution in [2.75, 3.05) is 5.32 Å². The van der Waals surface area contributed by atoms with Gasteiger partial charge in [-0.2, -0.15) is 5.10 Å². The van der Waals surface area contributed by atoms with Gasteiger partial charge in [-0.3, -0.25) is 14.3 Å². The second-order valence-electron chi connectivity index (χ2n) is 3.45. The number of nitrogens with two attached hydrogens (primary N) is 1. The zero-order valence-electron chi connectivity index (χ0n) is 9.31. The van der Waals surface area contributed by atoms with Gasteiger partial charge in [-0.1, -0.05) is 0 Å². The highest BCUT2D eigenvalue weighted by atomic mass is 79.9.